The van der Waals surface area contributed by atoms with Gasteiger partial charge in [0.05, 0.1) is 6.04 Å². The Labute approximate surface area is 438 Å². The van der Waals surface area contributed by atoms with Gasteiger partial charge in [0.15, 0.2) is 0 Å². The van der Waals surface area contributed by atoms with Crippen LogP contribution in [0.25, 0.3) is 0 Å². The zero-order valence-corrected chi connectivity index (χ0v) is 43.5. The van der Waals surface area contributed by atoms with Crippen LogP contribution in [0.5, 0.6) is 0 Å². The maximum absolute atomic E-state index is 14.4. The van der Waals surface area contributed by atoms with Crippen LogP contribution in [0, 0.1) is 5.92 Å². The molecule has 0 unspecified atom stereocenters. The quantitative estimate of drug-likeness (QED) is 0.0400. The second-order valence-electron chi connectivity index (χ2n) is 19.4. The fourth-order valence-corrected chi connectivity index (χ4v) is 8.42. The van der Waals surface area contributed by atoms with E-state index in [1.54, 1.807) is 74.5 Å². The second kappa shape index (κ2) is 32.4. The van der Waals surface area contributed by atoms with Crippen LogP contribution >= 0.6 is 0 Å². The van der Waals surface area contributed by atoms with Gasteiger partial charge < -0.3 is 69.5 Å². The van der Waals surface area contributed by atoms with Crippen molar-refractivity contribution in [3.8, 4) is 0 Å². The predicted molar refractivity (Wildman–Crippen MR) is 278 cm³/mol. The second-order valence-corrected chi connectivity index (χ2v) is 19.4. The number of unbranched alkanes of at least 4 members (excludes halogenated alkanes) is 2. The van der Waals surface area contributed by atoms with E-state index in [4.69, 9.17) is 17.2 Å². The molecular weight excluding hydrogens is 971 g/mol. The first-order chi connectivity index (χ1) is 35.6. The minimum absolute atomic E-state index is 0.0437. The van der Waals surface area contributed by atoms with Gasteiger partial charge in [-0.2, -0.15) is 0 Å². The minimum atomic E-state index is -1.53. The molecule has 8 amide bonds. The van der Waals surface area contributed by atoms with Gasteiger partial charge in [0, 0.05) is 25.8 Å². The number of amides is 8. The number of carbonyl (C=O) groups excluding carboxylic acids is 8. The molecule has 0 saturated carbocycles. The molecule has 0 spiro atoms. The molecule has 1 aliphatic heterocycles. The first-order valence-corrected chi connectivity index (χ1v) is 25.8. The number of benzene rings is 2. The Kier molecular flexibility index (Phi) is 26.9. The maximum Gasteiger partial charge on any atom is 0.326 e. The van der Waals surface area contributed by atoms with Crippen LogP contribution in [-0.4, -0.2) is 148 Å². The Bertz CT molecular complexity index is 2220. The van der Waals surface area contributed by atoms with E-state index < -0.39 is 121 Å². The van der Waals surface area contributed by atoms with E-state index in [0.29, 0.717) is 69.2 Å². The highest BCUT2D eigenvalue weighted by Gasteiger charge is 2.38. The fraction of sp³-hybridized carbons (Fsp3) is 0.577. The fourth-order valence-electron chi connectivity index (χ4n) is 8.42. The van der Waals surface area contributed by atoms with E-state index in [2.05, 4.69) is 37.2 Å². The summed E-state index contributed by atoms with van der Waals surface area (Å²) in [5, 5.41) is 37.4. The molecule has 2 aromatic rings. The maximum atomic E-state index is 14.4. The Morgan fingerprint density at radius 3 is 1.51 bits per heavy atom. The molecular formula is C52H79N11O12. The van der Waals surface area contributed by atoms with E-state index in [9.17, 15) is 58.2 Å². The number of nitrogens with zero attached hydrogens (tertiary/aromatic N) is 1. The molecule has 23 heteroatoms. The van der Waals surface area contributed by atoms with Gasteiger partial charge in [-0.3, -0.25) is 43.2 Å². The molecule has 75 heavy (non-hydrogen) atoms. The highest BCUT2D eigenvalue weighted by Crippen LogP contribution is 2.20. The van der Waals surface area contributed by atoms with Crippen LogP contribution in [-0.2, 0) is 60.8 Å². The van der Waals surface area contributed by atoms with E-state index in [0.717, 1.165) is 0 Å². The molecule has 0 radical (unpaired) electrons. The number of hydrogen-bond acceptors (Lipinski definition) is 13. The zero-order valence-electron chi connectivity index (χ0n) is 43.5. The van der Waals surface area contributed by atoms with Crippen LogP contribution < -0.4 is 54.4 Å². The molecule has 1 aliphatic rings. The van der Waals surface area contributed by atoms with Gasteiger partial charge in [-0.15, -0.1) is 0 Å². The minimum Gasteiger partial charge on any atom is -0.481 e. The number of likely N-dealkylation sites (tertiary alicyclic amines) is 1. The number of rotatable bonds is 33. The molecule has 3 rings (SSSR count). The smallest absolute Gasteiger partial charge is 0.326 e. The summed E-state index contributed by atoms with van der Waals surface area (Å²) in [5.41, 5.74) is 18.7. The van der Waals surface area contributed by atoms with Crippen molar-refractivity contribution in [1.82, 2.24) is 42.1 Å². The normalized spacial score (nSPS) is 16.4. The molecule has 1 heterocycles. The molecule has 1 fully saturated rings. The van der Waals surface area contributed by atoms with Crippen molar-refractivity contribution in [3.63, 3.8) is 0 Å². The van der Waals surface area contributed by atoms with Gasteiger partial charge in [-0.05, 0) is 102 Å². The van der Waals surface area contributed by atoms with Gasteiger partial charge in [0.2, 0.25) is 47.3 Å². The van der Waals surface area contributed by atoms with Gasteiger partial charge in [0.1, 0.15) is 48.3 Å². The van der Waals surface area contributed by atoms with Crippen LogP contribution in [0.15, 0.2) is 60.7 Å². The Morgan fingerprint density at radius 2 is 1.00 bits per heavy atom. The first kappa shape index (κ1) is 62.3. The average Bonchev–Trinajstić information content (AvgIpc) is 3.87. The van der Waals surface area contributed by atoms with Crippen LogP contribution in [0.1, 0.15) is 109 Å². The summed E-state index contributed by atoms with van der Waals surface area (Å²) in [7, 11) is 0. The van der Waals surface area contributed by atoms with Crippen molar-refractivity contribution in [1.29, 1.82) is 0 Å². The molecule has 2 aromatic carbocycles. The average molecular weight is 1050 g/mol. The van der Waals surface area contributed by atoms with Crippen molar-refractivity contribution in [2.24, 2.45) is 23.1 Å². The van der Waals surface area contributed by atoms with Gasteiger partial charge in [0.25, 0.3) is 0 Å². The molecule has 23 nitrogen and oxygen atoms in total. The number of aliphatic carboxylic acids is 2. The van der Waals surface area contributed by atoms with Crippen molar-refractivity contribution >= 4 is 59.2 Å². The number of nitrogens with two attached hydrogens (primary N) is 3. The van der Waals surface area contributed by atoms with Crippen molar-refractivity contribution < 1.29 is 58.2 Å². The third-order valence-electron chi connectivity index (χ3n) is 12.6. The molecule has 9 atom stereocenters. The van der Waals surface area contributed by atoms with Gasteiger partial charge in [-0.1, -0.05) is 80.9 Å². The molecule has 0 aromatic heterocycles. The van der Waals surface area contributed by atoms with Crippen molar-refractivity contribution in [2.75, 3.05) is 19.6 Å². The molecule has 0 aliphatic carbocycles. The number of carbonyl (C=O) groups is 10. The zero-order chi connectivity index (χ0) is 55.6. The van der Waals surface area contributed by atoms with Crippen LogP contribution in [0.4, 0.5) is 0 Å². The Morgan fingerprint density at radius 1 is 0.560 bits per heavy atom. The van der Waals surface area contributed by atoms with Crippen molar-refractivity contribution in [3.05, 3.63) is 71.8 Å². The third-order valence-corrected chi connectivity index (χ3v) is 12.6. The first-order valence-electron chi connectivity index (χ1n) is 25.8. The topological polar surface area (TPSA) is 377 Å². The van der Waals surface area contributed by atoms with Gasteiger partial charge in [-0.25, -0.2) is 4.79 Å². The lowest BCUT2D eigenvalue weighted by Crippen LogP contribution is -2.60. The van der Waals surface area contributed by atoms with Crippen molar-refractivity contribution in [2.45, 2.75) is 166 Å². The van der Waals surface area contributed by atoms with E-state index in [1.165, 1.54) is 18.7 Å². The van der Waals surface area contributed by atoms with E-state index in [1.807, 2.05) is 0 Å². The van der Waals surface area contributed by atoms with E-state index >= 15 is 0 Å². The Hall–Kier alpha value is -6.98. The SMILES string of the molecule is CC(C)C[C@H](NC(=O)[C@H](CCCCN)NC(=O)[C@H](CCC(=O)O)NC(=O)[C@H](C)NC(=O)[C@H](Cc1ccccc1)NC(=O)[C@H](Cc1ccccc1)NC(=O)[C@H](C)NC(=O)[C@@H]1CCCN1C(=O)[C@@H](N)CCCCN)C(=O)O. The number of nitrogens with one attached hydrogen (secondary N) is 7. The Balaban J connectivity index is 1.82. The van der Waals surface area contributed by atoms with Crippen LogP contribution in [0.2, 0.25) is 0 Å². The largest absolute Gasteiger partial charge is 0.481 e. The predicted octanol–water partition coefficient (Wildman–Crippen LogP) is -0.523. The number of hydrogen-bond donors (Lipinski definition) is 12. The monoisotopic (exact) mass is 1050 g/mol. The summed E-state index contributed by atoms with van der Waals surface area (Å²) in [4.78, 5) is 135. The lowest BCUT2D eigenvalue weighted by Gasteiger charge is -2.28. The summed E-state index contributed by atoms with van der Waals surface area (Å²) in [6.45, 7) is 7.35. The summed E-state index contributed by atoms with van der Waals surface area (Å²) in [6.07, 6.45) is 2.51. The molecule has 0 bridgehead atoms. The molecule has 1 saturated heterocycles. The third kappa shape index (κ3) is 21.8. The van der Waals surface area contributed by atoms with Gasteiger partial charge >= 0.3 is 11.9 Å². The highest BCUT2D eigenvalue weighted by atomic mass is 16.4. The number of carboxylic acids is 2. The molecule has 15 N–H and O–H groups in total. The lowest BCUT2D eigenvalue weighted by atomic mass is 10.0. The summed E-state index contributed by atoms with van der Waals surface area (Å²) >= 11 is 0. The van der Waals surface area contributed by atoms with Crippen LogP contribution in [0.3, 0.4) is 0 Å². The summed E-state index contributed by atoms with van der Waals surface area (Å²) in [5.74, 6) is -8.62. The molecule has 414 valence electrons. The standard InChI is InChI=1S/C52H79N11O12/c1-31(2)28-41(52(74)75)62-46(68)37(21-12-14-26-54)59-47(69)38(23-24-43(64)65)58-44(66)32(3)56-48(70)39(29-34-16-7-5-8-17-34)61-49(71)40(30-35-18-9-6-10-19-35)60-45(67)33(4)57-50(72)42-22-15-27-63(42)51(73)36(55)20-11-13-25-53/h5-10,16-19,31-33,36-42H,11-15,20-30,53-55H2,1-4H3,(H,56,70)(H,57,72)(H,58,66)(H,59,69)(H,60,67)(H,61,71)(H,62,68)(H,64,65)(H,74,75)/t32-,33-,36-,37-,38-,39-,40-,41-,42-/m0/s1. The summed E-state index contributed by atoms with van der Waals surface area (Å²) in [6, 6.07) is 6.37. The number of carboxylic acid groups (broad SMARTS) is 2. The van der Waals surface area contributed by atoms with E-state index in [-0.39, 0.29) is 44.1 Å². The highest BCUT2D eigenvalue weighted by molar-refractivity contribution is 5.98. The summed E-state index contributed by atoms with van der Waals surface area (Å²) < 4.78 is 0. The lowest BCUT2D eigenvalue weighted by molar-refractivity contribution is -0.143.